The fourth-order valence-corrected chi connectivity index (χ4v) is 2.88. The highest BCUT2D eigenvalue weighted by Crippen LogP contribution is 2.19. The maximum atomic E-state index is 12.0. The first-order valence-electron chi connectivity index (χ1n) is 8.19. The van der Waals surface area contributed by atoms with Gasteiger partial charge in [0.05, 0.1) is 6.04 Å². The van der Waals surface area contributed by atoms with E-state index in [1.165, 1.54) is 24.0 Å². The molecule has 1 saturated heterocycles. The summed E-state index contributed by atoms with van der Waals surface area (Å²) in [6, 6.07) is 9.18. The zero-order valence-corrected chi connectivity index (χ0v) is 13.5. The van der Waals surface area contributed by atoms with Crippen molar-refractivity contribution in [3.63, 3.8) is 0 Å². The summed E-state index contributed by atoms with van der Waals surface area (Å²) in [4.78, 5) is 12.0. The number of hydrogen-bond acceptors (Lipinski definition) is 2. The number of amides is 1. The van der Waals surface area contributed by atoms with Crippen molar-refractivity contribution >= 4 is 5.91 Å². The van der Waals surface area contributed by atoms with Gasteiger partial charge in [-0.05, 0) is 49.8 Å². The maximum Gasteiger partial charge on any atom is 0.220 e. The van der Waals surface area contributed by atoms with Gasteiger partial charge in [0.1, 0.15) is 0 Å². The third-order valence-corrected chi connectivity index (χ3v) is 4.36. The van der Waals surface area contributed by atoms with Crippen LogP contribution in [0.15, 0.2) is 24.3 Å². The second-order valence-electron chi connectivity index (χ2n) is 6.44. The molecule has 21 heavy (non-hydrogen) atoms. The van der Waals surface area contributed by atoms with E-state index >= 15 is 0 Å². The Balaban J connectivity index is 1.79. The largest absolute Gasteiger partial charge is 0.350 e. The average Bonchev–Trinajstić information content (AvgIpc) is 2.98. The van der Waals surface area contributed by atoms with Crippen molar-refractivity contribution in [3.8, 4) is 0 Å². The van der Waals surface area contributed by atoms with Gasteiger partial charge < -0.3 is 10.6 Å². The first-order valence-corrected chi connectivity index (χ1v) is 8.19. The number of carbonyl (C=O) groups excluding carboxylic acids is 1. The van der Waals surface area contributed by atoms with Crippen molar-refractivity contribution < 1.29 is 4.79 Å². The van der Waals surface area contributed by atoms with Crippen LogP contribution in [0.3, 0.4) is 0 Å². The zero-order chi connectivity index (χ0) is 15.2. The van der Waals surface area contributed by atoms with Crippen molar-refractivity contribution in [2.75, 3.05) is 6.54 Å². The van der Waals surface area contributed by atoms with Crippen LogP contribution in [-0.4, -0.2) is 18.5 Å². The summed E-state index contributed by atoms with van der Waals surface area (Å²) in [6.07, 6.45) is 4.02. The SMILES string of the molecule is CC(C)c1ccc(C(C)NC(=O)CCC2CCCN2)cc1. The summed E-state index contributed by atoms with van der Waals surface area (Å²) in [6.45, 7) is 7.54. The van der Waals surface area contributed by atoms with Crippen LogP contribution < -0.4 is 10.6 Å². The second kappa shape index (κ2) is 7.60. The van der Waals surface area contributed by atoms with E-state index in [0.717, 1.165) is 13.0 Å². The highest BCUT2D eigenvalue weighted by Gasteiger charge is 2.16. The lowest BCUT2D eigenvalue weighted by molar-refractivity contribution is -0.121. The molecule has 0 aromatic heterocycles. The fourth-order valence-electron chi connectivity index (χ4n) is 2.88. The Morgan fingerprint density at radius 2 is 1.90 bits per heavy atom. The molecule has 2 rings (SSSR count). The molecule has 1 aromatic carbocycles. The Morgan fingerprint density at radius 1 is 1.24 bits per heavy atom. The molecule has 2 atom stereocenters. The van der Waals surface area contributed by atoms with Gasteiger partial charge in [0, 0.05) is 12.5 Å². The van der Waals surface area contributed by atoms with Gasteiger partial charge in [0.25, 0.3) is 0 Å². The van der Waals surface area contributed by atoms with Crippen LogP contribution in [0.4, 0.5) is 0 Å². The standard InChI is InChI=1S/C18H28N2O/c1-13(2)15-6-8-16(9-7-15)14(3)20-18(21)11-10-17-5-4-12-19-17/h6-9,13-14,17,19H,4-5,10-12H2,1-3H3,(H,20,21). The molecule has 1 aliphatic heterocycles. The van der Waals surface area contributed by atoms with E-state index in [0.29, 0.717) is 18.4 Å². The molecule has 1 fully saturated rings. The van der Waals surface area contributed by atoms with E-state index in [4.69, 9.17) is 0 Å². The van der Waals surface area contributed by atoms with Crippen molar-refractivity contribution in [2.45, 2.75) is 64.5 Å². The molecular formula is C18H28N2O. The van der Waals surface area contributed by atoms with Gasteiger partial charge in [-0.1, -0.05) is 38.1 Å². The normalized spacial score (nSPS) is 19.7. The molecule has 3 heteroatoms. The van der Waals surface area contributed by atoms with Crippen LogP contribution >= 0.6 is 0 Å². The van der Waals surface area contributed by atoms with Gasteiger partial charge in [0.2, 0.25) is 5.91 Å². The third kappa shape index (κ3) is 4.85. The van der Waals surface area contributed by atoms with Crippen LogP contribution in [0, 0.1) is 0 Å². The van der Waals surface area contributed by atoms with E-state index < -0.39 is 0 Å². The summed E-state index contributed by atoms with van der Waals surface area (Å²) >= 11 is 0. The van der Waals surface area contributed by atoms with E-state index in [1.54, 1.807) is 0 Å². The average molecular weight is 288 g/mol. The zero-order valence-electron chi connectivity index (χ0n) is 13.5. The van der Waals surface area contributed by atoms with Crippen LogP contribution in [0.25, 0.3) is 0 Å². The van der Waals surface area contributed by atoms with Gasteiger partial charge in [-0.2, -0.15) is 0 Å². The lowest BCUT2D eigenvalue weighted by Gasteiger charge is -2.16. The van der Waals surface area contributed by atoms with Gasteiger partial charge >= 0.3 is 0 Å². The molecule has 1 aliphatic rings. The minimum atomic E-state index is 0.0789. The molecular weight excluding hydrogens is 260 g/mol. The molecule has 0 aliphatic carbocycles. The summed E-state index contributed by atoms with van der Waals surface area (Å²) < 4.78 is 0. The van der Waals surface area contributed by atoms with Crippen LogP contribution in [0.5, 0.6) is 0 Å². The molecule has 0 spiro atoms. The van der Waals surface area contributed by atoms with Crippen LogP contribution in [0.2, 0.25) is 0 Å². The van der Waals surface area contributed by atoms with E-state index in [9.17, 15) is 4.79 Å². The minimum Gasteiger partial charge on any atom is -0.350 e. The maximum absolute atomic E-state index is 12.0. The molecule has 1 aromatic rings. The molecule has 3 nitrogen and oxygen atoms in total. The molecule has 2 unspecified atom stereocenters. The van der Waals surface area contributed by atoms with Gasteiger partial charge in [-0.25, -0.2) is 0 Å². The Labute approximate surface area is 128 Å². The van der Waals surface area contributed by atoms with E-state index in [1.807, 2.05) is 0 Å². The van der Waals surface area contributed by atoms with Crippen molar-refractivity contribution in [1.29, 1.82) is 0 Å². The quantitative estimate of drug-likeness (QED) is 0.841. The Kier molecular flexibility index (Phi) is 5.80. The van der Waals surface area contributed by atoms with Crippen molar-refractivity contribution in [1.82, 2.24) is 10.6 Å². The topological polar surface area (TPSA) is 41.1 Å². The number of nitrogens with one attached hydrogen (secondary N) is 2. The first-order chi connectivity index (χ1) is 10.1. The predicted octanol–water partition coefficient (Wildman–Crippen LogP) is 3.52. The molecule has 0 saturated carbocycles. The summed E-state index contributed by atoms with van der Waals surface area (Å²) in [5.74, 6) is 0.701. The van der Waals surface area contributed by atoms with E-state index in [2.05, 4.69) is 55.7 Å². The monoisotopic (exact) mass is 288 g/mol. The summed E-state index contributed by atoms with van der Waals surface area (Å²) in [5.41, 5.74) is 2.51. The Morgan fingerprint density at radius 3 is 2.48 bits per heavy atom. The smallest absolute Gasteiger partial charge is 0.220 e. The molecule has 1 heterocycles. The van der Waals surface area contributed by atoms with Gasteiger partial charge in [-0.15, -0.1) is 0 Å². The predicted molar refractivity (Wildman–Crippen MR) is 87.3 cm³/mol. The van der Waals surface area contributed by atoms with Crippen LogP contribution in [-0.2, 0) is 4.79 Å². The van der Waals surface area contributed by atoms with Crippen molar-refractivity contribution in [2.24, 2.45) is 0 Å². The number of carbonyl (C=O) groups is 1. The molecule has 1 amide bonds. The molecule has 116 valence electrons. The lowest BCUT2D eigenvalue weighted by atomic mass is 9.99. The number of hydrogen-bond donors (Lipinski definition) is 2. The van der Waals surface area contributed by atoms with Crippen LogP contribution in [0.1, 0.15) is 69.5 Å². The fraction of sp³-hybridized carbons (Fsp3) is 0.611. The highest BCUT2D eigenvalue weighted by molar-refractivity contribution is 5.76. The minimum absolute atomic E-state index is 0.0789. The number of benzene rings is 1. The molecule has 0 radical (unpaired) electrons. The highest BCUT2D eigenvalue weighted by atomic mass is 16.1. The van der Waals surface area contributed by atoms with Gasteiger partial charge in [-0.3, -0.25) is 4.79 Å². The number of rotatable bonds is 6. The van der Waals surface area contributed by atoms with Crippen molar-refractivity contribution in [3.05, 3.63) is 35.4 Å². The molecule has 0 bridgehead atoms. The molecule has 2 N–H and O–H groups in total. The first kappa shape index (κ1) is 16.0. The lowest BCUT2D eigenvalue weighted by Crippen LogP contribution is -2.29. The van der Waals surface area contributed by atoms with Gasteiger partial charge in [0.15, 0.2) is 0 Å². The Hall–Kier alpha value is -1.35. The Bertz CT molecular complexity index is 447. The second-order valence-corrected chi connectivity index (χ2v) is 6.44. The third-order valence-electron chi connectivity index (χ3n) is 4.36. The summed E-state index contributed by atoms with van der Waals surface area (Å²) in [7, 11) is 0. The van der Waals surface area contributed by atoms with E-state index in [-0.39, 0.29) is 11.9 Å². The summed E-state index contributed by atoms with van der Waals surface area (Å²) in [5, 5.41) is 6.54.